The molecule has 2 aromatic carbocycles. The molecule has 26 heavy (non-hydrogen) atoms. The van der Waals surface area contributed by atoms with Gasteiger partial charge in [0.1, 0.15) is 0 Å². The van der Waals surface area contributed by atoms with Crippen LogP contribution in [0.15, 0.2) is 103 Å². The van der Waals surface area contributed by atoms with Gasteiger partial charge in [0.25, 0.3) is 0 Å². The van der Waals surface area contributed by atoms with E-state index in [0.717, 1.165) is 12.8 Å². The summed E-state index contributed by atoms with van der Waals surface area (Å²) in [7, 11) is 0. The fraction of sp³-hybridized carbons (Fsp3) is 0.160. The van der Waals surface area contributed by atoms with E-state index in [1.165, 1.54) is 17.8 Å². The zero-order valence-electron chi connectivity index (χ0n) is 15.7. The molecule has 0 radical (unpaired) electrons. The molecule has 0 spiro atoms. The van der Waals surface area contributed by atoms with Crippen LogP contribution in [-0.4, -0.2) is 4.26 Å². The monoisotopic (exact) mass is 506 g/mol. The van der Waals surface area contributed by atoms with Crippen molar-refractivity contribution in [3.63, 3.8) is 0 Å². The maximum atomic E-state index is 5.29. The summed E-state index contributed by atoms with van der Waals surface area (Å²) in [6.45, 7) is 4.53. The molecule has 0 saturated carbocycles. The van der Waals surface area contributed by atoms with Crippen LogP contribution in [0.2, 0.25) is 0 Å². The first-order chi connectivity index (χ1) is 12.6. The average Bonchev–Trinajstić information content (AvgIpc) is 3.34. The topological polar surface area (TPSA) is 0 Å². The first-order valence-corrected chi connectivity index (χ1v) is 19.2. The fourth-order valence-electron chi connectivity index (χ4n) is 4.80. The van der Waals surface area contributed by atoms with E-state index in [1.54, 1.807) is 6.66 Å². The molecular weight excluding hydrogens is 479 g/mol. The molecule has 0 atom stereocenters. The van der Waals surface area contributed by atoms with Crippen molar-refractivity contribution in [2.24, 2.45) is 0 Å². The van der Waals surface area contributed by atoms with Crippen molar-refractivity contribution in [1.82, 2.24) is 0 Å². The van der Waals surface area contributed by atoms with Gasteiger partial charge in [-0.1, -0.05) is 0 Å². The summed E-state index contributed by atoms with van der Waals surface area (Å²) < 4.78 is 11.4. The Labute approximate surface area is 157 Å². The Morgan fingerprint density at radius 2 is 1.38 bits per heavy atom. The summed E-state index contributed by atoms with van der Waals surface area (Å²) in [5.74, 6) is 0. The maximum absolute atomic E-state index is 5.29. The van der Waals surface area contributed by atoms with Gasteiger partial charge in [-0.15, -0.1) is 0 Å². The Bertz CT molecular complexity index is 985. The molecule has 0 aromatic heterocycles. The molecule has 2 aliphatic rings. The van der Waals surface area contributed by atoms with Crippen LogP contribution in [0, 0.1) is 0 Å². The van der Waals surface area contributed by atoms with Crippen LogP contribution in [0.5, 0.6) is 0 Å². The number of benzene rings is 2. The molecule has 0 heterocycles. The van der Waals surface area contributed by atoms with E-state index in [4.69, 9.17) is 4.26 Å². The molecule has 0 amide bonds. The summed E-state index contributed by atoms with van der Waals surface area (Å²) in [6, 6.07) is 22.3. The van der Waals surface area contributed by atoms with Crippen molar-refractivity contribution in [3.8, 4) is 0 Å². The predicted octanol–water partition coefficient (Wildman–Crippen LogP) is 5.23. The molecule has 130 valence electrons. The van der Waals surface area contributed by atoms with Gasteiger partial charge in [-0.3, -0.25) is 0 Å². The SMILES string of the molecule is [CH2]=[Hf]([C]1=CC=CC1)([C]1=CC(C)=C(C)C1)([c]1ccccc1)[c]1ccccc1. The second-order valence-corrected chi connectivity index (χ2v) is 27.1. The first kappa shape index (κ1) is 17.5. The first-order valence-electron chi connectivity index (χ1n) is 9.43. The van der Waals surface area contributed by atoms with E-state index >= 15 is 0 Å². The van der Waals surface area contributed by atoms with Gasteiger partial charge in [0.2, 0.25) is 0 Å². The van der Waals surface area contributed by atoms with Crippen molar-refractivity contribution < 1.29 is 18.0 Å². The van der Waals surface area contributed by atoms with E-state index in [1.807, 2.05) is 0 Å². The zero-order chi connectivity index (χ0) is 18.2. The molecule has 0 unspecified atom stereocenters. The summed E-state index contributed by atoms with van der Waals surface area (Å²) in [6.07, 6.45) is 11.4. The van der Waals surface area contributed by atoms with Crippen LogP contribution in [0.4, 0.5) is 0 Å². The zero-order valence-corrected chi connectivity index (χ0v) is 19.3. The van der Waals surface area contributed by atoms with Crippen molar-refractivity contribution in [2.75, 3.05) is 0 Å². The van der Waals surface area contributed by atoms with Crippen LogP contribution in [0.3, 0.4) is 0 Å². The van der Waals surface area contributed by atoms with Gasteiger partial charge in [0.15, 0.2) is 0 Å². The molecular formula is C25H26Hf. The van der Waals surface area contributed by atoms with E-state index in [-0.39, 0.29) is 0 Å². The van der Waals surface area contributed by atoms with Crippen LogP contribution in [0.25, 0.3) is 0 Å². The molecule has 2 aromatic rings. The summed E-state index contributed by atoms with van der Waals surface area (Å²) >= 11 is -4.26. The van der Waals surface area contributed by atoms with E-state index in [0.29, 0.717) is 0 Å². The number of hydrogen-bond acceptors (Lipinski definition) is 0. The van der Waals surface area contributed by atoms with Gasteiger partial charge < -0.3 is 0 Å². The van der Waals surface area contributed by atoms with Gasteiger partial charge in [-0.05, 0) is 0 Å². The molecule has 0 nitrogen and oxygen atoms in total. The Balaban J connectivity index is 2.13. The number of allylic oxidation sites excluding steroid dienone is 8. The third-order valence-electron chi connectivity index (χ3n) is 6.53. The molecule has 0 saturated heterocycles. The molecule has 0 fully saturated rings. The molecule has 2 aliphatic carbocycles. The normalized spacial score (nSPS) is 17.5. The van der Waals surface area contributed by atoms with E-state index in [2.05, 4.69) is 98.8 Å². The second-order valence-electron chi connectivity index (χ2n) is 7.82. The molecule has 4 rings (SSSR count). The Kier molecular flexibility index (Phi) is 4.31. The summed E-state index contributed by atoms with van der Waals surface area (Å²) in [5, 5.41) is 0. The quantitative estimate of drug-likeness (QED) is 0.500. The van der Waals surface area contributed by atoms with Crippen molar-refractivity contribution in [1.29, 1.82) is 0 Å². The van der Waals surface area contributed by atoms with Gasteiger partial charge >= 0.3 is 158 Å². The minimum absolute atomic E-state index is 1.03. The molecule has 0 bridgehead atoms. The third-order valence-corrected chi connectivity index (χ3v) is 30.8. The molecule has 1 heteroatoms. The third kappa shape index (κ3) is 2.33. The second kappa shape index (κ2) is 6.39. The standard InChI is InChI=1S/C7H9.2C6H5.C5H5.CH2.Hf/c1-6-4-3-5-7(6)2;2*1-2-4-6-5-3-1;1-2-4-5-3-1;;/h4H,5H2,1-2H3;2*1-5H;1-3H,4H2;1H2;. The minimum atomic E-state index is -4.26. The van der Waals surface area contributed by atoms with E-state index < -0.39 is 18.0 Å². The summed E-state index contributed by atoms with van der Waals surface area (Å²) in [5.41, 5.74) is 2.91. The molecule has 0 aliphatic heterocycles. The van der Waals surface area contributed by atoms with Gasteiger partial charge in [0.05, 0.1) is 0 Å². The van der Waals surface area contributed by atoms with Crippen LogP contribution < -0.4 is 6.64 Å². The molecule has 0 N–H and O–H groups in total. The van der Waals surface area contributed by atoms with Crippen molar-refractivity contribution in [3.05, 3.63) is 103 Å². The predicted molar refractivity (Wildman–Crippen MR) is 112 cm³/mol. The van der Waals surface area contributed by atoms with Crippen LogP contribution in [-0.2, 0) is 18.0 Å². The van der Waals surface area contributed by atoms with Gasteiger partial charge in [0, 0.05) is 0 Å². The Hall–Kier alpha value is -1.86. The average molecular weight is 505 g/mol. The fourth-order valence-corrected chi connectivity index (χ4v) is 27.5. The van der Waals surface area contributed by atoms with Gasteiger partial charge in [-0.2, -0.15) is 0 Å². The Morgan fingerprint density at radius 3 is 1.81 bits per heavy atom. The van der Waals surface area contributed by atoms with Crippen LogP contribution in [0.1, 0.15) is 26.7 Å². The van der Waals surface area contributed by atoms with Gasteiger partial charge in [-0.25, -0.2) is 0 Å². The Morgan fingerprint density at radius 1 is 0.808 bits per heavy atom. The van der Waals surface area contributed by atoms with E-state index in [9.17, 15) is 0 Å². The van der Waals surface area contributed by atoms with Crippen molar-refractivity contribution >= 4 is 10.9 Å². The summed E-state index contributed by atoms with van der Waals surface area (Å²) in [4.78, 5) is 0. The number of hydrogen-bond donors (Lipinski definition) is 0. The number of rotatable bonds is 4. The van der Waals surface area contributed by atoms with Crippen LogP contribution >= 0.6 is 0 Å². The van der Waals surface area contributed by atoms with Crippen molar-refractivity contribution in [2.45, 2.75) is 26.7 Å².